The van der Waals surface area contributed by atoms with Crippen LogP contribution in [0.25, 0.3) is 0 Å². The number of hydrogen-bond acceptors (Lipinski definition) is 3. The minimum absolute atomic E-state index is 0.343. The standard InChI is InChI=1S/C9H20O3S/c1-4-6-7-9(5-2)8-12-13(3,10)11/h9H,4-8H2,1-3H3/t9-/m0/s1. The molecule has 0 heterocycles. The second-order valence-electron chi connectivity index (χ2n) is 3.41. The van der Waals surface area contributed by atoms with E-state index in [1.165, 1.54) is 0 Å². The Hall–Kier alpha value is -0.0900. The van der Waals surface area contributed by atoms with Gasteiger partial charge in [-0.15, -0.1) is 0 Å². The summed E-state index contributed by atoms with van der Waals surface area (Å²) in [5.41, 5.74) is 0. The van der Waals surface area contributed by atoms with E-state index in [1.807, 2.05) is 0 Å². The topological polar surface area (TPSA) is 43.4 Å². The second kappa shape index (κ2) is 6.38. The fourth-order valence-electron chi connectivity index (χ4n) is 1.12. The van der Waals surface area contributed by atoms with E-state index in [0.29, 0.717) is 12.5 Å². The molecular weight excluding hydrogens is 188 g/mol. The first-order valence-electron chi connectivity index (χ1n) is 4.84. The monoisotopic (exact) mass is 208 g/mol. The first-order chi connectivity index (χ1) is 5.99. The van der Waals surface area contributed by atoms with Crippen LogP contribution in [-0.2, 0) is 14.3 Å². The van der Waals surface area contributed by atoms with Gasteiger partial charge >= 0.3 is 0 Å². The van der Waals surface area contributed by atoms with E-state index >= 15 is 0 Å². The van der Waals surface area contributed by atoms with Gasteiger partial charge in [-0.3, -0.25) is 4.18 Å². The molecule has 0 saturated carbocycles. The summed E-state index contributed by atoms with van der Waals surface area (Å²) in [6.07, 6.45) is 5.43. The van der Waals surface area contributed by atoms with Gasteiger partial charge in [-0.25, -0.2) is 0 Å². The van der Waals surface area contributed by atoms with Gasteiger partial charge in [0.1, 0.15) is 0 Å². The average Bonchev–Trinajstić information content (AvgIpc) is 2.03. The molecule has 0 fully saturated rings. The zero-order valence-electron chi connectivity index (χ0n) is 8.75. The molecule has 0 bridgehead atoms. The molecule has 0 spiro atoms. The van der Waals surface area contributed by atoms with Crippen molar-refractivity contribution in [2.45, 2.75) is 39.5 Å². The van der Waals surface area contributed by atoms with E-state index in [4.69, 9.17) is 4.18 Å². The van der Waals surface area contributed by atoms with E-state index < -0.39 is 10.1 Å². The summed E-state index contributed by atoms with van der Waals surface area (Å²) in [6.45, 7) is 4.53. The van der Waals surface area contributed by atoms with Crippen molar-refractivity contribution in [2.75, 3.05) is 12.9 Å². The van der Waals surface area contributed by atoms with Crippen molar-refractivity contribution < 1.29 is 12.6 Å². The Kier molecular flexibility index (Phi) is 6.33. The first kappa shape index (κ1) is 12.9. The van der Waals surface area contributed by atoms with Crippen LogP contribution in [0, 0.1) is 5.92 Å². The van der Waals surface area contributed by atoms with Crippen molar-refractivity contribution in [3.05, 3.63) is 0 Å². The maximum Gasteiger partial charge on any atom is 0.264 e. The van der Waals surface area contributed by atoms with Crippen LogP contribution in [0.2, 0.25) is 0 Å². The van der Waals surface area contributed by atoms with Crippen molar-refractivity contribution in [1.29, 1.82) is 0 Å². The fraction of sp³-hybridized carbons (Fsp3) is 1.00. The van der Waals surface area contributed by atoms with Gasteiger partial charge in [0.25, 0.3) is 10.1 Å². The summed E-state index contributed by atoms with van der Waals surface area (Å²) in [6, 6.07) is 0. The number of unbranched alkanes of at least 4 members (excludes halogenated alkanes) is 1. The molecule has 0 aromatic rings. The lowest BCUT2D eigenvalue weighted by atomic mass is 10.0. The molecule has 0 unspecified atom stereocenters. The van der Waals surface area contributed by atoms with E-state index in [2.05, 4.69) is 13.8 Å². The number of hydrogen-bond donors (Lipinski definition) is 0. The highest BCUT2D eigenvalue weighted by Gasteiger charge is 2.09. The van der Waals surface area contributed by atoms with Gasteiger partial charge in [0.05, 0.1) is 12.9 Å². The molecule has 0 aliphatic heterocycles. The lowest BCUT2D eigenvalue weighted by Crippen LogP contribution is -2.12. The normalized spacial score (nSPS) is 14.4. The lowest BCUT2D eigenvalue weighted by Gasteiger charge is -2.12. The molecule has 13 heavy (non-hydrogen) atoms. The first-order valence-corrected chi connectivity index (χ1v) is 6.65. The molecular formula is C9H20O3S. The molecule has 0 amide bonds. The van der Waals surface area contributed by atoms with E-state index in [-0.39, 0.29) is 0 Å². The summed E-state index contributed by atoms with van der Waals surface area (Å²) in [4.78, 5) is 0. The SMILES string of the molecule is CCCC[C@H](CC)COS(C)(=O)=O. The van der Waals surface area contributed by atoms with Gasteiger partial charge in [-0.05, 0) is 12.3 Å². The van der Waals surface area contributed by atoms with E-state index in [1.54, 1.807) is 0 Å². The minimum atomic E-state index is -3.25. The quantitative estimate of drug-likeness (QED) is 0.602. The number of rotatable bonds is 7. The molecule has 0 radical (unpaired) electrons. The molecule has 4 heteroatoms. The minimum Gasteiger partial charge on any atom is -0.270 e. The summed E-state index contributed by atoms with van der Waals surface area (Å²) in [5, 5.41) is 0. The van der Waals surface area contributed by atoms with Crippen molar-refractivity contribution in [2.24, 2.45) is 5.92 Å². The Bertz CT molecular complexity index is 209. The van der Waals surface area contributed by atoms with Crippen molar-refractivity contribution >= 4 is 10.1 Å². The average molecular weight is 208 g/mol. The van der Waals surface area contributed by atoms with E-state index in [9.17, 15) is 8.42 Å². The highest BCUT2D eigenvalue weighted by molar-refractivity contribution is 7.85. The maximum atomic E-state index is 10.7. The molecule has 3 nitrogen and oxygen atoms in total. The Balaban J connectivity index is 3.72. The third-order valence-electron chi connectivity index (χ3n) is 2.06. The van der Waals surface area contributed by atoms with Crippen LogP contribution >= 0.6 is 0 Å². The van der Waals surface area contributed by atoms with Crippen molar-refractivity contribution in [1.82, 2.24) is 0 Å². The van der Waals surface area contributed by atoms with Crippen LogP contribution < -0.4 is 0 Å². The van der Waals surface area contributed by atoms with Crippen LogP contribution in [0.1, 0.15) is 39.5 Å². The third kappa shape index (κ3) is 8.25. The Labute approximate surface area is 81.6 Å². The predicted octanol–water partition coefficient (Wildman–Crippen LogP) is 2.18. The molecule has 0 aromatic carbocycles. The molecule has 1 atom stereocenters. The Morgan fingerprint density at radius 1 is 1.31 bits per heavy atom. The van der Waals surface area contributed by atoms with Gasteiger partial charge in [0.2, 0.25) is 0 Å². The summed E-state index contributed by atoms with van der Waals surface area (Å²) < 4.78 is 26.2. The largest absolute Gasteiger partial charge is 0.270 e. The van der Waals surface area contributed by atoms with Crippen LogP contribution in [0.3, 0.4) is 0 Å². The Morgan fingerprint density at radius 2 is 1.92 bits per heavy atom. The highest BCUT2D eigenvalue weighted by Crippen LogP contribution is 2.13. The van der Waals surface area contributed by atoms with Crippen LogP contribution in [0.4, 0.5) is 0 Å². The zero-order chi connectivity index (χ0) is 10.3. The second-order valence-corrected chi connectivity index (χ2v) is 5.05. The van der Waals surface area contributed by atoms with E-state index in [0.717, 1.165) is 31.9 Å². The summed E-state index contributed by atoms with van der Waals surface area (Å²) >= 11 is 0. The molecule has 0 N–H and O–H groups in total. The summed E-state index contributed by atoms with van der Waals surface area (Å²) in [7, 11) is -3.25. The Morgan fingerprint density at radius 3 is 2.31 bits per heavy atom. The molecule has 80 valence electrons. The lowest BCUT2D eigenvalue weighted by molar-refractivity contribution is 0.240. The van der Waals surface area contributed by atoms with Crippen LogP contribution in [0.5, 0.6) is 0 Å². The van der Waals surface area contributed by atoms with Gasteiger partial charge in [-0.2, -0.15) is 8.42 Å². The zero-order valence-corrected chi connectivity index (χ0v) is 9.56. The predicted molar refractivity (Wildman–Crippen MR) is 54.1 cm³/mol. The molecule has 0 saturated heterocycles. The van der Waals surface area contributed by atoms with Gasteiger partial charge in [0.15, 0.2) is 0 Å². The maximum absolute atomic E-state index is 10.7. The van der Waals surface area contributed by atoms with Gasteiger partial charge in [0, 0.05) is 0 Å². The molecule has 0 aliphatic carbocycles. The van der Waals surface area contributed by atoms with Gasteiger partial charge < -0.3 is 0 Å². The summed E-state index contributed by atoms with van der Waals surface area (Å²) in [5.74, 6) is 0.384. The third-order valence-corrected chi connectivity index (χ3v) is 2.63. The van der Waals surface area contributed by atoms with Crippen LogP contribution in [-0.4, -0.2) is 21.3 Å². The highest BCUT2D eigenvalue weighted by atomic mass is 32.2. The molecule has 0 rings (SSSR count). The molecule has 0 aromatic heterocycles. The molecule has 0 aliphatic rings. The van der Waals surface area contributed by atoms with Crippen molar-refractivity contribution in [3.63, 3.8) is 0 Å². The smallest absolute Gasteiger partial charge is 0.264 e. The van der Waals surface area contributed by atoms with Crippen molar-refractivity contribution in [3.8, 4) is 0 Å². The fourth-order valence-corrected chi connectivity index (χ4v) is 1.56. The van der Waals surface area contributed by atoms with Crippen LogP contribution in [0.15, 0.2) is 0 Å². The van der Waals surface area contributed by atoms with Gasteiger partial charge in [-0.1, -0.05) is 33.1 Å².